The number of ketones is 1. The van der Waals surface area contributed by atoms with E-state index < -0.39 is 17.7 Å². The highest BCUT2D eigenvalue weighted by molar-refractivity contribution is 9.10. The van der Waals surface area contributed by atoms with Gasteiger partial charge in [0.1, 0.15) is 5.76 Å². The Labute approximate surface area is 176 Å². The molecule has 2 aromatic rings. The standard InChI is InChI=1S/C21H19BrClNO4/c1-28-11-3-10-24-18(14-4-2-5-15(22)12-14)17(20(26)21(24)27)19(25)13-6-8-16(23)9-7-13/h2,4-9,12,18,25H,3,10-11H2,1H3. The number of rotatable bonds is 6. The largest absolute Gasteiger partial charge is 0.507 e. The molecule has 146 valence electrons. The third-order valence-electron chi connectivity index (χ3n) is 4.57. The highest BCUT2D eigenvalue weighted by Crippen LogP contribution is 2.40. The topological polar surface area (TPSA) is 66.8 Å². The van der Waals surface area contributed by atoms with Gasteiger partial charge in [-0.3, -0.25) is 9.59 Å². The van der Waals surface area contributed by atoms with Crippen molar-refractivity contribution in [3.8, 4) is 0 Å². The van der Waals surface area contributed by atoms with E-state index in [9.17, 15) is 14.7 Å². The summed E-state index contributed by atoms with van der Waals surface area (Å²) in [5.74, 6) is -1.54. The van der Waals surface area contributed by atoms with Gasteiger partial charge in [-0.25, -0.2) is 0 Å². The van der Waals surface area contributed by atoms with Gasteiger partial charge in [0.2, 0.25) is 0 Å². The molecule has 3 rings (SSSR count). The second-order valence-corrected chi connectivity index (χ2v) is 7.75. The van der Waals surface area contributed by atoms with Gasteiger partial charge in [-0.1, -0.05) is 39.7 Å². The van der Waals surface area contributed by atoms with Crippen molar-refractivity contribution in [2.24, 2.45) is 0 Å². The van der Waals surface area contributed by atoms with Crippen LogP contribution in [0.2, 0.25) is 5.02 Å². The van der Waals surface area contributed by atoms with E-state index in [-0.39, 0.29) is 11.3 Å². The molecule has 5 nitrogen and oxygen atoms in total. The molecule has 0 spiro atoms. The number of aliphatic hydroxyl groups excluding tert-OH is 1. The molecule has 1 aliphatic rings. The van der Waals surface area contributed by atoms with Gasteiger partial charge in [0, 0.05) is 35.3 Å². The highest BCUT2D eigenvalue weighted by Gasteiger charge is 2.45. The second-order valence-electron chi connectivity index (χ2n) is 6.40. The van der Waals surface area contributed by atoms with E-state index in [1.54, 1.807) is 31.4 Å². The number of likely N-dealkylation sites (tertiary alicyclic amines) is 1. The molecule has 1 atom stereocenters. The fourth-order valence-corrected chi connectivity index (χ4v) is 3.82. The maximum atomic E-state index is 12.8. The number of ether oxygens (including phenoxy) is 1. The molecule has 0 saturated carbocycles. The van der Waals surface area contributed by atoms with E-state index >= 15 is 0 Å². The molecule has 1 fully saturated rings. The molecule has 1 aliphatic heterocycles. The quantitative estimate of drug-likeness (QED) is 0.294. The summed E-state index contributed by atoms with van der Waals surface area (Å²) in [5.41, 5.74) is 1.24. The maximum absolute atomic E-state index is 12.8. The maximum Gasteiger partial charge on any atom is 0.295 e. The number of amides is 1. The van der Waals surface area contributed by atoms with Crippen LogP contribution in [0.1, 0.15) is 23.6 Å². The van der Waals surface area contributed by atoms with Crippen LogP contribution in [0.5, 0.6) is 0 Å². The highest BCUT2D eigenvalue weighted by atomic mass is 79.9. The fourth-order valence-electron chi connectivity index (χ4n) is 3.28. The first-order valence-electron chi connectivity index (χ1n) is 8.72. The third-order valence-corrected chi connectivity index (χ3v) is 5.31. The van der Waals surface area contributed by atoms with Crippen molar-refractivity contribution in [3.63, 3.8) is 0 Å². The van der Waals surface area contributed by atoms with E-state index in [1.165, 1.54) is 4.90 Å². The summed E-state index contributed by atoms with van der Waals surface area (Å²) in [7, 11) is 1.58. The van der Waals surface area contributed by atoms with Gasteiger partial charge in [0.25, 0.3) is 11.7 Å². The van der Waals surface area contributed by atoms with Crippen molar-refractivity contribution in [1.82, 2.24) is 4.90 Å². The molecule has 0 bridgehead atoms. The van der Waals surface area contributed by atoms with E-state index in [4.69, 9.17) is 16.3 Å². The fraction of sp³-hybridized carbons (Fsp3) is 0.238. The molecule has 1 heterocycles. The van der Waals surface area contributed by atoms with Gasteiger partial charge >= 0.3 is 0 Å². The Bertz CT molecular complexity index is 926. The number of carbonyl (C=O) groups is 2. The lowest BCUT2D eigenvalue weighted by Gasteiger charge is -2.25. The Morgan fingerprint density at radius 3 is 2.57 bits per heavy atom. The zero-order valence-corrected chi connectivity index (χ0v) is 17.5. The van der Waals surface area contributed by atoms with Crippen LogP contribution in [0.3, 0.4) is 0 Å². The first-order chi connectivity index (χ1) is 13.4. The van der Waals surface area contributed by atoms with Crippen molar-refractivity contribution in [3.05, 3.63) is 74.7 Å². The van der Waals surface area contributed by atoms with Gasteiger partial charge in [-0.15, -0.1) is 0 Å². The number of aliphatic hydroxyl groups is 1. The normalized spacial score (nSPS) is 18.7. The van der Waals surface area contributed by atoms with Crippen LogP contribution in [-0.2, 0) is 14.3 Å². The minimum Gasteiger partial charge on any atom is -0.507 e. The van der Waals surface area contributed by atoms with Crippen molar-refractivity contribution in [2.75, 3.05) is 20.3 Å². The molecule has 1 N–H and O–H groups in total. The Morgan fingerprint density at radius 2 is 1.93 bits per heavy atom. The Morgan fingerprint density at radius 1 is 1.21 bits per heavy atom. The van der Waals surface area contributed by atoms with Crippen LogP contribution < -0.4 is 0 Å². The van der Waals surface area contributed by atoms with E-state index in [2.05, 4.69) is 15.9 Å². The number of methoxy groups -OCH3 is 1. The Balaban J connectivity index is 2.12. The summed E-state index contributed by atoms with van der Waals surface area (Å²) < 4.78 is 5.89. The van der Waals surface area contributed by atoms with Crippen molar-refractivity contribution < 1.29 is 19.4 Å². The van der Waals surface area contributed by atoms with E-state index in [0.29, 0.717) is 30.2 Å². The number of benzene rings is 2. The van der Waals surface area contributed by atoms with Crippen LogP contribution in [0.15, 0.2) is 58.6 Å². The second kappa shape index (κ2) is 8.90. The number of hydrogen-bond acceptors (Lipinski definition) is 4. The van der Waals surface area contributed by atoms with Crippen LogP contribution in [0.25, 0.3) is 5.76 Å². The van der Waals surface area contributed by atoms with E-state index in [1.807, 2.05) is 24.3 Å². The molecular weight excluding hydrogens is 446 g/mol. The molecule has 1 saturated heterocycles. The summed E-state index contributed by atoms with van der Waals surface area (Å²) in [6, 6.07) is 13.2. The predicted molar refractivity (Wildman–Crippen MR) is 111 cm³/mol. The molecule has 2 aromatic carbocycles. The van der Waals surface area contributed by atoms with Crippen molar-refractivity contribution in [1.29, 1.82) is 0 Å². The van der Waals surface area contributed by atoms with Crippen LogP contribution >= 0.6 is 27.5 Å². The first-order valence-corrected chi connectivity index (χ1v) is 9.90. The molecular formula is C21H19BrClNO4. The lowest BCUT2D eigenvalue weighted by molar-refractivity contribution is -0.140. The van der Waals surface area contributed by atoms with Gasteiger partial charge in [-0.05, 0) is 48.4 Å². The van der Waals surface area contributed by atoms with Gasteiger partial charge in [0.15, 0.2) is 0 Å². The van der Waals surface area contributed by atoms with Crippen LogP contribution in [0.4, 0.5) is 0 Å². The lowest BCUT2D eigenvalue weighted by atomic mass is 9.95. The SMILES string of the molecule is COCCCN1C(=O)C(=O)C(=C(O)c2ccc(Cl)cc2)C1c1cccc(Br)c1. The minimum atomic E-state index is -0.699. The van der Waals surface area contributed by atoms with Gasteiger partial charge in [-0.2, -0.15) is 0 Å². The predicted octanol–water partition coefficient (Wildman–Crippen LogP) is 4.56. The molecule has 28 heavy (non-hydrogen) atoms. The average Bonchev–Trinajstić information content (AvgIpc) is 2.93. The zero-order chi connectivity index (χ0) is 20.3. The molecule has 0 aliphatic carbocycles. The Kier molecular flexibility index (Phi) is 6.54. The smallest absolute Gasteiger partial charge is 0.295 e. The molecule has 0 aromatic heterocycles. The minimum absolute atomic E-state index is 0.0721. The number of carbonyl (C=O) groups excluding carboxylic acids is 2. The molecule has 7 heteroatoms. The lowest BCUT2D eigenvalue weighted by Crippen LogP contribution is -2.31. The summed E-state index contributed by atoms with van der Waals surface area (Å²) in [5, 5.41) is 11.4. The van der Waals surface area contributed by atoms with Gasteiger partial charge in [0.05, 0.1) is 11.6 Å². The summed E-state index contributed by atoms with van der Waals surface area (Å²) in [4.78, 5) is 27.0. The number of halogens is 2. The van der Waals surface area contributed by atoms with E-state index in [0.717, 1.165) is 10.0 Å². The Hall–Kier alpha value is -2.15. The number of hydrogen-bond donors (Lipinski definition) is 1. The number of Topliss-reactive ketones (excluding diaryl/α,β-unsaturated/α-hetero) is 1. The molecule has 1 amide bonds. The van der Waals surface area contributed by atoms with Crippen molar-refractivity contribution in [2.45, 2.75) is 12.5 Å². The monoisotopic (exact) mass is 463 g/mol. The first kappa shape index (κ1) is 20.6. The molecule has 1 unspecified atom stereocenters. The van der Waals surface area contributed by atoms with Crippen LogP contribution in [-0.4, -0.2) is 42.0 Å². The average molecular weight is 465 g/mol. The zero-order valence-electron chi connectivity index (χ0n) is 15.2. The summed E-state index contributed by atoms with van der Waals surface area (Å²) in [6.45, 7) is 0.804. The summed E-state index contributed by atoms with van der Waals surface area (Å²) >= 11 is 9.35. The number of nitrogens with zero attached hydrogens (tertiary/aromatic N) is 1. The third kappa shape index (κ3) is 4.14. The molecule has 0 radical (unpaired) electrons. The van der Waals surface area contributed by atoms with Gasteiger partial charge < -0.3 is 14.7 Å². The van der Waals surface area contributed by atoms with Crippen LogP contribution in [0, 0.1) is 0 Å². The summed E-state index contributed by atoms with van der Waals surface area (Å²) in [6.07, 6.45) is 0.578. The van der Waals surface area contributed by atoms with Crippen molar-refractivity contribution >= 4 is 45.0 Å².